The zero-order valence-corrected chi connectivity index (χ0v) is 15.4. The van der Waals surface area contributed by atoms with Crippen LogP contribution >= 0.6 is 11.6 Å². The third-order valence-corrected chi connectivity index (χ3v) is 4.39. The Morgan fingerprint density at radius 1 is 1.21 bits per heavy atom. The van der Waals surface area contributed by atoms with Gasteiger partial charge in [-0.3, -0.25) is 19.7 Å². The van der Waals surface area contributed by atoms with Crippen LogP contribution in [-0.2, 0) is 20.7 Å². The Bertz CT molecular complexity index is 1050. The molecule has 1 amide bonds. The van der Waals surface area contributed by atoms with Crippen molar-refractivity contribution >= 4 is 45.8 Å². The number of hydrogen-bond donors (Lipinski definition) is 2. The number of esters is 1. The predicted octanol–water partition coefficient (Wildman–Crippen LogP) is 3.84. The molecule has 0 radical (unpaired) electrons. The number of hydrogen-bond acceptors (Lipinski definition) is 5. The summed E-state index contributed by atoms with van der Waals surface area (Å²) < 4.78 is 4.98. The van der Waals surface area contributed by atoms with Gasteiger partial charge in [0.15, 0.2) is 6.61 Å². The number of nitrogens with one attached hydrogen (secondary N) is 2. The number of aromatic nitrogens is 1. The SMILES string of the molecule is O=C(COC(=O)CCc1c[nH]c2ccccc12)Nc1ccc([N+](=O)[O-])cc1Cl. The average molecular weight is 402 g/mol. The van der Waals surface area contributed by atoms with Gasteiger partial charge in [0.2, 0.25) is 0 Å². The van der Waals surface area contributed by atoms with Crippen molar-refractivity contribution in [3.63, 3.8) is 0 Å². The standard InChI is InChI=1S/C19H16ClN3O5/c20-15-9-13(23(26)27)6-7-17(15)22-18(24)11-28-19(25)8-5-12-10-21-16-4-2-1-3-14(12)16/h1-4,6-7,9-10,21H,5,8,11H2,(H,22,24). The summed E-state index contributed by atoms with van der Waals surface area (Å²) in [6.45, 7) is -0.472. The fourth-order valence-corrected chi connectivity index (χ4v) is 2.92. The highest BCUT2D eigenvalue weighted by Crippen LogP contribution is 2.26. The number of benzene rings is 2. The Morgan fingerprint density at radius 2 is 2.00 bits per heavy atom. The van der Waals surface area contributed by atoms with Gasteiger partial charge in [-0.2, -0.15) is 0 Å². The van der Waals surface area contributed by atoms with Crippen molar-refractivity contribution in [3.05, 3.63) is 69.4 Å². The lowest BCUT2D eigenvalue weighted by Crippen LogP contribution is -2.21. The van der Waals surface area contributed by atoms with Gasteiger partial charge < -0.3 is 15.0 Å². The van der Waals surface area contributed by atoms with Gasteiger partial charge in [0.05, 0.1) is 15.6 Å². The van der Waals surface area contributed by atoms with Gasteiger partial charge in [0, 0.05) is 35.7 Å². The first-order valence-electron chi connectivity index (χ1n) is 8.38. The highest BCUT2D eigenvalue weighted by atomic mass is 35.5. The molecule has 0 saturated carbocycles. The van der Waals surface area contributed by atoms with E-state index in [2.05, 4.69) is 10.3 Å². The van der Waals surface area contributed by atoms with E-state index in [1.807, 2.05) is 30.5 Å². The fraction of sp³-hybridized carbons (Fsp3) is 0.158. The van der Waals surface area contributed by atoms with Crippen molar-refractivity contribution in [2.75, 3.05) is 11.9 Å². The summed E-state index contributed by atoms with van der Waals surface area (Å²) in [7, 11) is 0. The van der Waals surface area contributed by atoms with E-state index in [9.17, 15) is 19.7 Å². The number of non-ortho nitro benzene ring substituents is 1. The van der Waals surface area contributed by atoms with Crippen LogP contribution in [-0.4, -0.2) is 28.4 Å². The first-order valence-corrected chi connectivity index (χ1v) is 8.76. The van der Waals surface area contributed by atoms with Crippen LogP contribution in [0.3, 0.4) is 0 Å². The number of halogens is 1. The van der Waals surface area contributed by atoms with Crippen molar-refractivity contribution in [2.24, 2.45) is 0 Å². The molecule has 0 aliphatic heterocycles. The summed E-state index contributed by atoms with van der Waals surface area (Å²) in [6, 6.07) is 11.4. The molecule has 2 N–H and O–H groups in total. The Labute approximate surface area is 164 Å². The smallest absolute Gasteiger partial charge is 0.306 e. The van der Waals surface area contributed by atoms with Crippen molar-refractivity contribution < 1.29 is 19.2 Å². The summed E-state index contributed by atoms with van der Waals surface area (Å²) in [5.74, 6) is -1.09. The van der Waals surface area contributed by atoms with E-state index in [1.165, 1.54) is 12.1 Å². The number of fused-ring (bicyclic) bond motifs is 1. The molecule has 0 aliphatic carbocycles. The number of carbonyl (C=O) groups excluding carboxylic acids is 2. The quantitative estimate of drug-likeness (QED) is 0.354. The van der Waals surface area contributed by atoms with Crippen LogP contribution in [0.15, 0.2) is 48.7 Å². The summed E-state index contributed by atoms with van der Waals surface area (Å²) in [6.07, 6.45) is 2.47. The molecular formula is C19H16ClN3O5. The molecule has 3 aromatic rings. The Balaban J connectivity index is 1.48. The van der Waals surface area contributed by atoms with E-state index in [0.717, 1.165) is 22.5 Å². The highest BCUT2D eigenvalue weighted by Gasteiger charge is 2.13. The Kier molecular flexibility index (Phi) is 5.90. The molecule has 0 bridgehead atoms. The lowest BCUT2D eigenvalue weighted by molar-refractivity contribution is -0.384. The summed E-state index contributed by atoms with van der Waals surface area (Å²) in [4.78, 5) is 37.0. The third kappa shape index (κ3) is 4.66. The van der Waals surface area contributed by atoms with Crippen LogP contribution in [0.1, 0.15) is 12.0 Å². The van der Waals surface area contributed by atoms with Gasteiger partial charge in [0.25, 0.3) is 11.6 Å². The molecule has 28 heavy (non-hydrogen) atoms. The number of nitrogens with zero attached hydrogens (tertiary/aromatic N) is 1. The molecule has 0 aliphatic rings. The minimum absolute atomic E-state index is 0.0215. The van der Waals surface area contributed by atoms with Crippen LogP contribution in [0.25, 0.3) is 10.9 Å². The number of aromatic amines is 1. The number of H-pyrrole nitrogens is 1. The van der Waals surface area contributed by atoms with Crippen molar-refractivity contribution in [1.29, 1.82) is 0 Å². The maximum absolute atomic E-state index is 11.9. The van der Waals surface area contributed by atoms with Crippen LogP contribution in [0.2, 0.25) is 5.02 Å². The topological polar surface area (TPSA) is 114 Å². The molecule has 0 saturated heterocycles. The molecule has 9 heteroatoms. The number of rotatable bonds is 7. The van der Waals surface area contributed by atoms with Gasteiger partial charge in [0.1, 0.15) is 0 Å². The van der Waals surface area contributed by atoms with Gasteiger partial charge in [-0.25, -0.2) is 0 Å². The molecule has 1 aromatic heterocycles. The zero-order valence-electron chi connectivity index (χ0n) is 14.6. The van der Waals surface area contributed by atoms with Gasteiger partial charge in [-0.05, 0) is 24.1 Å². The summed E-state index contributed by atoms with van der Waals surface area (Å²) in [5.41, 5.74) is 2.00. The van der Waals surface area contributed by atoms with E-state index in [4.69, 9.17) is 16.3 Å². The van der Waals surface area contributed by atoms with Crippen molar-refractivity contribution in [2.45, 2.75) is 12.8 Å². The van der Waals surface area contributed by atoms with E-state index in [-0.39, 0.29) is 22.8 Å². The Morgan fingerprint density at radius 3 is 2.75 bits per heavy atom. The summed E-state index contributed by atoms with van der Waals surface area (Å²) in [5, 5.41) is 14.2. The van der Waals surface area contributed by atoms with E-state index in [1.54, 1.807) is 0 Å². The predicted molar refractivity (Wildman–Crippen MR) is 104 cm³/mol. The average Bonchev–Trinajstić information content (AvgIpc) is 3.09. The molecule has 2 aromatic carbocycles. The van der Waals surface area contributed by atoms with E-state index < -0.39 is 23.4 Å². The minimum Gasteiger partial charge on any atom is -0.456 e. The minimum atomic E-state index is -0.590. The van der Waals surface area contributed by atoms with Gasteiger partial charge in [-0.15, -0.1) is 0 Å². The van der Waals surface area contributed by atoms with Gasteiger partial charge in [-0.1, -0.05) is 29.8 Å². The fourth-order valence-electron chi connectivity index (χ4n) is 2.70. The lowest BCUT2D eigenvalue weighted by atomic mass is 10.1. The molecule has 144 valence electrons. The number of anilines is 1. The highest BCUT2D eigenvalue weighted by molar-refractivity contribution is 6.34. The van der Waals surface area contributed by atoms with Crippen LogP contribution in [0.4, 0.5) is 11.4 Å². The molecule has 0 fully saturated rings. The van der Waals surface area contributed by atoms with Crippen molar-refractivity contribution in [1.82, 2.24) is 4.98 Å². The molecular weight excluding hydrogens is 386 g/mol. The second-order valence-electron chi connectivity index (χ2n) is 5.99. The monoisotopic (exact) mass is 401 g/mol. The maximum Gasteiger partial charge on any atom is 0.306 e. The van der Waals surface area contributed by atoms with E-state index >= 15 is 0 Å². The number of para-hydroxylation sites is 1. The third-order valence-electron chi connectivity index (χ3n) is 4.08. The summed E-state index contributed by atoms with van der Waals surface area (Å²) >= 11 is 5.90. The number of aryl methyl sites for hydroxylation is 1. The maximum atomic E-state index is 11.9. The molecule has 8 nitrogen and oxygen atoms in total. The molecule has 0 unspecified atom stereocenters. The van der Waals surface area contributed by atoms with Crippen LogP contribution < -0.4 is 5.32 Å². The molecule has 0 spiro atoms. The number of ether oxygens (including phenoxy) is 1. The van der Waals surface area contributed by atoms with Crippen LogP contribution in [0.5, 0.6) is 0 Å². The second-order valence-corrected chi connectivity index (χ2v) is 6.40. The first-order chi connectivity index (χ1) is 13.4. The largest absolute Gasteiger partial charge is 0.456 e. The number of nitro benzene ring substituents is 1. The Hall–Kier alpha value is -3.39. The van der Waals surface area contributed by atoms with Gasteiger partial charge >= 0.3 is 5.97 Å². The van der Waals surface area contributed by atoms with E-state index in [0.29, 0.717) is 6.42 Å². The first kappa shape index (κ1) is 19.4. The number of carbonyl (C=O) groups is 2. The molecule has 1 heterocycles. The number of amides is 1. The second kappa shape index (κ2) is 8.53. The zero-order chi connectivity index (χ0) is 20.1. The lowest BCUT2D eigenvalue weighted by Gasteiger charge is -2.08. The normalized spacial score (nSPS) is 10.6. The van der Waals surface area contributed by atoms with Crippen molar-refractivity contribution in [3.8, 4) is 0 Å². The molecule has 3 rings (SSSR count). The van der Waals surface area contributed by atoms with Crippen LogP contribution in [0, 0.1) is 10.1 Å². The molecule has 0 atom stereocenters. The number of nitro groups is 1.